The highest BCUT2D eigenvalue weighted by Crippen LogP contribution is 2.27. The van der Waals surface area contributed by atoms with Gasteiger partial charge in [0.15, 0.2) is 0 Å². The molecule has 2 rings (SSSR count). The van der Waals surface area contributed by atoms with Gasteiger partial charge < -0.3 is 10.4 Å². The molecule has 2 N–H and O–H groups in total. The molecule has 0 bridgehead atoms. The number of aryl methyl sites for hydroxylation is 2. The third-order valence-corrected chi connectivity index (χ3v) is 4.86. The fourth-order valence-electron chi connectivity index (χ4n) is 2.80. The number of nitrogens with zero attached hydrogens (tertiary/aromatic N) is 1. The van der Waals surface area contributed by atoms with Crippen LogP contribution in [0.15, 0.2) is 0 Å². The lowest BCUT2D eigenvalue weighted by atomic mass is 9.84. The molecule has 1 amide bonds. The Morgan fingerprint density at radius 2 is 1.95 bits per heavy atom. The van der Waals surface area contributed by atoms with E-state index in [1.54, 1.807) is 6.92 Å². The van der Waals surface area contributed by atoms with Crippen molar-refractivity contribution < 1.29 is 14.7 Å². The molecule has 110 valence electrons. The minimum absolute atomic E-state index is 0.0412. The monoisotopic (exact) mass is 296 g/mol. The second kappa shape index (κ2) is 6.35. The largest absolute Gasteiger partial charge is 0.480 e. The van der Waals surface area contributed by atoms with Gasteiger partial charge in [0, 0.05) is 0 Å². The van der Waals surface area contributed by atoms with Gasteiger partial charge in [-0.05, 0) is 32.6 Å². The number of aliphatic carboxylic acids is 1. The van der Waals surface area contributed by atoms with Crippen LogP contribution in [0.3, 0.4) is 0 Å². The molecule has 20 heavy (non-hydrogen) atoms. The van der Waals surface area contributed by atoms with E-state index in [1.807, 2.05) is 6.92 Å². The number of carboxylic acids is 1. The highest BCUT2D eigenvalue weighted by Gasteiger charge is 2.31. The predicted molar refractivity (Wildman–Crippen MR) is 77.1 cm³/mol. The fourth-order valence-corrected chi connectivity index (χ4v) is 3.62. The van der Waals surface area contributed by atoms with Gasteiger partial charge in [0.2, 0.25) is 0 Å². The first-order valence-electron chi connectivity index (χ1n) is 6.96. The van der Waals surface area contributed by atoms with E-state index in [0.717, 1.165) is 37.1 Å². The Bertz CT molecular complexity index is 507. The molecular weight excluding hydrogens is 276 g/mol. The molecule has 5 nitrogen and oxygen atoms in total. The maximum atomic E-state index is 12.2. The van der Waals surface area contributed by atoms with Gasteiger partial charge in [-0.25, -0.2) is 9.78 Å². The second-order valence-electron chi connectivity index (χ2n) is 5.33. The molecule has 1 aliphatic carbocycles. The van der Waals surface area contributed by atoms with Crippen molar-refractivity contribution in [3.8, 4) is 0 Å². The second-order valence-corrected chi connectivity index (χ2v) is 6.54. The summed E-state index contributed by atoms with van der Waals surface area (Å²) in [7, 11) is 0. The maximum absolute atomic E-state index is 12.2. The summed E-state index contributed by atoms with van der Waals surface area (Å²) >= 11 is 1.31. The summed E-state index contributed by atoms with van der Waals surface area (Å²) in [6.07, 6.45) is 4.99. The summed E-state index contributed by atoms with van der Waals surface area (Å²) in [5.74, 6) is -1.21. The van der Waals surface area contributed by atoms with Gasteiger partial charge in [0.1, 0.15) is 10.9 Å². The lowest BCUT2D eigenvalue weighted by Gasteiger charge is -2.27. The Kier molecular flexibility index (Phi) is 4.75. The van der Waals surface area contributed by atoms with Gasteiger partial charge in [0.25, 0.3) is 5.91 Å². The molecule has 1 aliphatic rings. The number of rotatable bonds is 4. The number of nitrogens with one attached hydrogen (secondary N) is 1. The number of aromatic nitrogens is 1. The third-order valence-electron chi connectivity index (χ3n) is 3.78. The Balaban J connectivity index is 2.09. The van der Waals surface area contributed by atoms with Crippen LogP contribution >= 0.6 is 11.3 Å². The van der Waals surface area contributed by atoms with E-state index in [2.05, 4.69) is 10.3 Å². The minimum Gasteiger partial charge on any atom is -0.480 e. The average Bonchev–Trinajstić information content (AvgIpc) is 2.75. The molecule has 6 heteroatoms. The summed E-state index contributed by atoms with van der Waals surface area (Å²) in [4.78, 5) is 28.4. The highest BCUT2D eigenvalue weighted by atomic mass is 32.1. The van der Waals surface area contributed by atoms with Gasteiger partial charge >= 0.3 is 5.97 Å². The van der Waals surface area contributed by atoms with Crippen LogP contribution in [0, 0.1) is 19.8 Å². The number of thiazole rings is 1. The first-order valence-corrected chi connectivity index (χ1v) is 7.78. The van der Waals surface area contributed by atoms with Gasteiger partial charge in [0.05, 0.1) is 10.7 Å². The van der Waals surface area contributed by atoms with Crippen molar-refractivity contribution in [3.63, 3.8) is 0 Å². The molecule has 1 heterocycles. The van der Waals surface area contributed by atoms with Crippen LogP contribution in [0.25, 0.3) is 0 Å². The average molecular weight is 296 g/mol. The van der Waals surface area contributed by atoms with Crippen molar-refractivity contribution >= 4 is 23.2 Å². The summed E-state index contributed by atoms with van der Waals surface area (Å²) in [5, 5.41) is 12.9. The molecule has 1 aromatic heterocycles. The Morgan fingerprint density at radius 3 is 2.45 bits per heavy atom. The number of hydrogen-bond donors (Lipinski definition) is 2. The van der Waals surface area contributed by atoms with E-state index >= 15 is 0 Å². The zero-order chi connectivity index (χ0) is 14.7. The normalized spacial score (nSPS) is 17.7. The van der Waals surface area contributed by atoms with Crippen LogP contribution in [0.5, 0.6) is 0 Å². The molecule has 1 saturated carbocycles. The Morgan fingerprint density at radius 1 is 1.30 bits per heavy atom. The van der Waals surface area contributed by atoms with Crippen molar-refractivity contribution in [2.75, 3.05) is 0 Å². The lowest BCUT2D eigenvalue weighted by Crippen LogP contribution is -2.46. The predicted octanol–water partition coefficient (Wildman–Crippen LogP) is 2.52. The Labute approximate surface area is 122 Å². The highest BCUT2D eigenvalue weighted by molar-refractivity contribution is 7.13. The molecule has 1 atom stereocenters. The fraction of sp³-hybridized carbons (Fsp3) is 0.643. The first kappa shape index (κ1) is 15.0. The standard InChI is InChI=1S/C14H20N2O3S/c1-8-12(20-9(2)15-8)13(17)16-11(14(18)19)10-6-4-3-5-7-10/h10-11H,3-7H2,1-2H3,(H,16,17)(H,18,19). The van der Waals surface area contributed by atoms with E-state index < -0.39 is 12.0 Å². The SMILES string of the molecule is Cc1nc(C)c(C(=O)NC(C(=O)O)C2CCCCC2)s1. The minimum atomic E-state index is -0.941. The van der Waals surface area contributed by atoms with Crippen LogP contribution in [0.1, 0.15) is 52.5 Å². The van der Waals surface area contributed by atoms with E-state index in [-0.39, 0.29) is 11.8 Å². The molecule has 0 aliphatic heterocycles. The molecular formula is C14H20N2O3S. The molecule has 1 fully saturated rings. The summed E-state index contributed by atoms with van der Waals surface area (Å²) in [6.45, 7) is 3.61. The summed E-state index contributed by atoms with van der Waals surface area (Å²) < 4.78 is 0. The smallest absolute Gasteiger partial charge is 0.326 e. The molecule has 1 aromatic rings. The molecule has 0 saturated heterocycles. The number of hydrogen-bond acceptors (Lipinski definition) is 4. The van der Waals surface area contributed by atoms with Crippen LogP contribution in [-0.4, -0.2) is 28.0 Å². The number of amides is 1. The van der Waals surface area contributed by atoms with Crippen LogP contribution < -0.4 is 5.32 Å². The molecule has 0 spiro atoms. The zero-order valence-electron chi connectivity index (χ0n) is 11.8. The van der Waals surface area contributed by atoms with E-state index in [9.17, 15) is 14.7 Å². The first-order chi connectivity index (χ1) is 9.49. The van der Waals surface area contributed by atoms with Crippen LogP contribution in [0.4, 0.5) is 0 Å². The van der Waals surface area contributed by atoms with Crippen LogP contribution in [0.2, 0.25) is 0 Å². The van der Waals surface area contributed by atoms with Crippen LogP contribution in [-0.2, 0) is 4.79 Å². The van der Waals surface area contributed by atoms with Crippen molar-refractivity contribution in [3.05, 3.63) is 15.6 Å². The molecule has 0 radical (unpaired) electrons. The van der Waals surface area contributed by atoms with Crippen molar-refractivity contribution in [2.24, 2.45) is 5.92 Å². The summed E-state index contributed by atoms with van der Waals surface area (Å²) in [6, 6.07) is -0.787. The van der Waals surface area contributed by atoms with Gasteiger partial charge in [-0.3, -0.25) is 4.79 Å². The molecule has 0 aromatic carbocycles. The van der Waals surface area contributed by atoms with E-state index in [1.165, 1.54) is 11.3 Å². The van der Waals surface area contributed by atoms with Gasteiger partial charge in [-0.2, -0.15) is 0 Å². The van der Waals surface area contributed by atoms with Gasteiger partial charge in [-0.1, -0.05) is 19.3 Å². The Hall–Kier alpha value is -1.43. The lowest BCUT2D eigenvalue weighted by molar-refractivity contribution is -0.141. The maximum Gasteiger partial charge on any atom is 0.326 e. The number of carbonyl (C=O) groups is 2. The van der Waals surface area contributed by atoms with Crippen molar-refractivity contribution in [1.29, 1.82) is 0 Å². The summed E-state index contributed by atoms with van der Waals surface area (Å²) in [5.41, 5.74) is 0.665. The number of carboxylic acid groups (broad SMARTS) is 1. The topological polar surface area (TPSA) is 79.3 Å². The van der Waals surface area contributed by atoms with Crippen molar-refractivity contribution in [1.82, 2.24) is 10.3 Å². The van der Waals surface area contributed by atoms with Gasteiger partial charge in [-0.15, -0.1) is 11.3 Å². The quantitative estimate of drug-likeness (QED) is 0.894. The third kappa shape index (κ3) is 3.36. The van der Waals surface area contributed by atoms with Crippen molar-refractivity contribution in [2.45, 2.75) is 52.0 Å². The van der Waals surface area contributed by atoms with E-state index in [0.29, 0.717) is 10.6 Å². The van der Waals surface area contributed by atoms with E-state index in [4.69, 9.17) is 0 Å². The zero-order valence-corrected chi connectivity index (χ0v) is 12.6. The molecule has 1 unspecified atom stereocenters. The number of carbonyl (C=O) groups excluding carboxylic acids is 1.